The highest BCUT2D eigenvalue weighted by Gasteiger charge is 2.15. The molecular formula is C21H21N3O2S. The minimum atomic E-state index is -3.84. The molecule has 0 atom stereocenters. The number of aryl methyl sites for hydroxylation is 1. The van der Waals surface area contributed by atoms with Gasteiger partial charge in [-0.05, 0) is 36.8 Å². The highest BCUT2D eigenvalue weighted by atomic mass is 32.2. The Kier molecular flexibility index (Phi) is 5.57. The second-order valence-electron chi connectivity index (χ2n) is 6.20. The van der Waals surface area contributed by atoms with Gasteiger partial charge in [0.2, 0.25) is 0 Å². The van der Waals surface area contributed by atoms with E-state index in [0.717, 1.165) is 11.1 Å². The molecule has 27 heavy (non-hydrogen) atoms. The minimum Gasteiger partial charge on any atom is -0.397 e. The molecule has 3 rings (SSSR count). The van der Waals surface area contributed by atoms with Crippen LogP contribution in [0.1, 0.15) is 11.1 Å². The molecule has 3 aromatic rings. The number of para-hydroxylation sites is 2. The Morgan fingerprint density at radius 1 is 0.926 bits per heavy atom. The summed E-state index contributed by atoms with van der Waals surface area (Å²) in [6.45, 7) is 1.90. The monoisotopic (exact) mass is 379 g/mol. The summed E-state index contributed by atoms with van der Waals surface area (Å²) in [5, 5.41) is 3.08. The number of nitrogens with zero attached hydrogens (tertiary/aromatic N) is 1. The molecule has 3 aromatic carbocycles. The van der Waals surface area contributed by atoms with Gasteiger partial charge in [-0.15, -0.1) is 4.40 Å². The minimum absolute atomic E-state index is 0.154. The molecule has 0 radical (unpaired) electrons. The van der Waals surface area contributed by atoms with Crippen LogP contribution in [0.3, 0.4) is 0 Å². The number of benzene rings is 3. The van der Waals surface area contributed by atoms with E-state index >= 15 is 0 Å². The number of nitrogens with one attached hydrogen (secondary N) is 1. The lowest BCUT2D eigenvalue weighted by molar-refractivity contribution is 0.598. The molecule has 0 saturated carbocycles. The van der Waals surface area contributed by atoms with Crippen molar-refractivity contribution < 1.29 is 8.42 Å². The molecule has 5 nitrogen and oxygen atoms in total. The number of rotatable bonds is 5. The fourth-order valence-electron chi connectivity index (χ4n) is 2.56. The van der Waals surface area contributed by atoms with Crippen molar-refractivity contribution in [2.24, 2.45) is 4.40 Å². The van der Waals surface area contributed by atoms with Crippen molar-refractivity contribution >= 4 is 27.2 Å². The molecular weight excluding hydrogens is 358 g/mol. The number of sulfonamides is 1. The molecule has 138 valence electrons. The molecule has 6 heteroatoms. The molecule has 0 aliphatic carbocycles. The quantitative estimate of drug-likeness (QED) is 0.398. The summed E-state index contributed by atoms with van der Waals surface area (Å²) in [6, 6.07) is 23.4. The molecule has 0 amide bonds. The van der Waals surface area contributed by atoms with E-state index in [4.69, 9.17) is 5.73 Å². The van der Waals surface area contributed by atoms with Crippen molar-refractivity contribution in [3.05, 3.63) is 90.0 Å². The summed E-state index contributed by atoms with van der Waals surface area (Å²) in [5.74, 6) is 0.305. The zero-order valence-electron chi connectivity index (χ0n) is 15.0. The van der Waals surface area contributed by atoms with E-state index in [1.807, 2.05) is 49.4 Å². The van der Waals surface area contributed by atoms with Crippen LogP contribution in [0, 0.1) is 6.92 Å². The van der Waals surface area contributed by atoms with Crippen molar-refractivity contribution in [2.75, 3.05) is 11.1 Å². The molecule has 0 fully saturated rings. The topological polar surface area (TPSA) is 84.5 Å². The second kappa shape index (κ2) is 8.05. The Balaban J connectivity index is 1.98. The van der Waals surface area contributed by atoms with Gasteiger partial charge < -0.3 is 11.1 Å². The predicted molar refractivity (Wildman–Crippen MR) is 110 cm³/mol. The number of nitrogen functional groups attached to an aromatic ring is 1. The van der Waals surface area contributed by atoms with Crippen LogP contribution < -0.4 is 11.1 Å². The van der Waals surface area contributed by atoms with Gasteiger partial charge in [-0.3, -0.25) is 0 Å². The summed E-state index contributed by atoms with van der Waals surface area (Å²) in [7, 11) is -3.84. The van der Waals surface area contributed by atoms with E-state index < -0.39 is 10.0 Å². The van der Waals surface area contributed by atoms with Crippen LogP contribution in [0.2, 0.25) is 0 Å². The van der Waals surface area contributed by atoms with Crippen LogP contribution in [0.5, 0.6) is 0 Å². The van der Waals surface area contributed by atoms with Gasteiger partial charge >= 0.3 is 0 Å². The predicted octanol–water partition coefficient (Wildman–Crippen LogP) is 4.02. The lowest BCUT2D eigenvalue weighted by atomic mass is 10.1. The van der Waals surface area contributed by atoms with E-state index in [-0.39, 0.29) is 4.90 Å². The molecule has 0 saturated heterocycles. The van der Waals surface area contributed by atoms with Crippen molar-refractivity contribution in [1.82, 2.24) is 0 Å². The first-order chi connectivity index (χ1) is 12.9. The van der Waals surface area contributed by atoms with Crippen LogP contribution in [0.4, 0.5) is 11.4 Å². The highest BCUT2D eigenvalue weighted by molar-refractivity contribution is 7.90. The van der Waals surface area contributed by atoms with Gasteiger partial charge in [-0.2, -0.15) is 8.42 Å². The number of hydrogen-bond donors (Lipinski definition) is 2. The maximum atomic E-state index is 12.8. The molecule has 0 aromatic heterocycles. The van der Waals surface area contributed by atoms with Crippen molar-refractivity contribution in [3.8, 4) is 0 Å². The first-order valence-electron chi connectivity index (χ1n) is 8.50. The standard InChI is InChI=1S/C21H21N3O2S/c1-16-11-13-18(14-12-16)27(25,26)24-21(15-17-7-3-2-4-8-17)23-20-10-6-5-9-19(20)22/h2-14H,15,22H2,1H3,(H,23,24). The van der Waals surface area contributed by atoms with Crippen molar-refractivity contribution in [2.45, 2.75) is 18.2 Å². The fraction of sp³-hybridized carbons (Fsp3) is 0.0952. The first-order valence-corrected chi connectivity index (χ1v) is 9.94. The zero-order valence-corrected chi connectivity index (χ0v) is 15.8. The van der Waals surface area contributed by atoms with Crippen LogP contribution >= 0.6 is 0 Å². The number of anilines is 2. The Morgan fingerprint density at radius 2 is 1.56 bits per heavy atom. The Bertz CT molecular complexity index is 1040. The lowest BCUT2D eigenvalue weighted by Gasteiger charge is -2.12. The summed E-state index contributed by atoms with van der Waals surface area (Å²) < 4.78 is 29.6. The van der Waals surface area contributed by atoms with E-state index in [0.29, 0.717) is 23.6 Å². The van der Waals surface area contributed by atoms with E-state index in [1.165, 1.54) is 0 Å². The average Bonchev–Trinajstić information content (AvgIpc) is 2.64. The average molecular weight is 379 g/mol. The van der Waals surface area contributed by atoms with E-state index in [2.05, 4.69) is 9.71 Å². The molecule has 0 aliphatic rings. The largest absolute Gasteiger partial charge is 0.397 e. The normalized spacial score (nSPS) is 12.0. The third-order valence-corrected chi connectivity index (χ3v) is 5.33. The number of amidine groups is 1. The summed E-state index contributed by atoms with van der Waals surface area (Å²) in [5.41, 5.74) is 9.05. The van der Waals surface area contributed by atoms with Gasteiger partial charge in [0, 0.05) is 6.42 Å². The number of hydrogen-bond acceptors (Lipinski definition) is 3. The van der Waals surface area contributed by atoms with Crippen molar-refractivity contribution in [3.63, 3.8) is 0 Å². The second-order valence-corrected chi connectivity index (χ2v) is 7.80. The van der Waals surface area contributed by atoms with Gasteiger partial charge in [0.15, 0.2) is 0 Å². The number of nitrogens with two attached hydrogens (primary N) is 1. The van der Waals surface area contributed by atoms with Crippen LogP contribution in [-0.2, 0) is 16.4 Å². The molecule has 0 heterocycles. The van der Waals surface area contributed by atoms with Gasteiger partial charge in [0.25, 0.3) is 10.0 Å². The van der Waals surface area contributed by atoms with Crippen LogP contribution in [0.15, 0.2) is 88.2 Å². The lowest BCUT2D eigenvalue weighted by Crippen LogP contribution is -2.18. The fourth-order valence-corrected chi connectivity index (χ4v) is 3.55. The summed E-state index contributed by atoms with van der Waals surface area (Å²) in [6.07, 6.45) is 0.334. The van der Waals surface area contributed by atoms with Gasteiger partial charge in [-0.1, -0.05) is 60.2 Å². The first kappa shape index (κ1) is 18.7. The SMILES string of the molecule is Cc1ccc(S(=O)(=O)/N=C(\Cc2ccccc2)Nc2ccccc2N)cc1. The van der Waals surface area contributed by atoms with E-state index in [1.54, 1.807) is 36.4 Å². The molecule has 0 spiro atoms. The van der Waals surface area contributed by atoms with Crippen LogP contribution in [0.25, 0.3) is 0 Å². The Morgan fingerprint density at radius 3 is 2.22 bits per heavy atom. The van der Waals surface area contributed by atoms with Gasteiger partial charge in [0.05, 0.1) is 16.3 Å². The highest BCUT2D eigenvalue weighted by Crippen LogP contribution is 2.19. The molecule has 3 N–H and O–H groups in total. The van der Waals surface area contributed by atoms with E-state index in [9.17, 15) is 8.42 Å². The van der Waals surface area contributed by atoms with Gasteiger partial charge in [-0.25, -0.2) is 0 Å². The molecule has 0 unspecified atom stereocenters. The maximum absolute atomic E-state index is 12.8. The zero-order chi connectivity index (χ0) is 19.3. The third kappa shape index (κ3) is 4.95. The maximum Gasteiger partial charge on any atom is 0.283 e. The summed E-state index contributed by atoms with van der Waals surface area (Å²) in [4.78, 5) is 0.154. The smallest absolute Gasteiger partial charge is 0.283 e. The molecule has 0 bridgehead atoms. The van der Waals surface area contributed by atoms with Crippen molar-refractivity contribution in [1.29, 1.82) is 0 Å². The summed E-state index contributed by atoms with van der Waals surface area (Å²) >= 11 is 0. The third-order valence-electron chi connectivity index (χ3n) is 4.00. The Hall–Kier alpha value is -3.12. The van der Waals surface area contributed by atoms with Gasteiger partial charge in [0.1, 0.15) is 5.84 Å². The van der Waals surface area contributed by atoms with Crippen LogP contribution in [-0.4, -0.2) is 14.3 Å². The molecule has 0 aliphatic heterocycles. The Labute approximate surface area is 159 Å².